The van der Waals surface area contributed by atoms with E-state index in [-0.39, 0.29) is 12.1 Å². The zero-order chi connectivity index (χ0) is 38.0. The van der Waals surface area contributed by atoms with Crippen LogP contribution in [0, 0.1) is 25.7 Å². The number of urea groups is 1. The number of para-hydroxylation sites is 1. The first-order chi connectivity index (χ1) is 25.0. The zero-order valence-corrected chi connectivity index (χ0v) is 34.3. The fourth-order valence-electron chi connectivity index (χ4n) is 7.41. The molecule has 0 radical (unpaired) electrons. The van der Waals surface area contributed by atoms with E-state index in [4.69, 9.17) is 0 Å². The van der Waals surface area contributed by atoms with Crippen molar-refractivity contribution < 1.29 is 24.0 Å². The highest BCUT2D eigenvalue weighted by molar-refractivity contribution is 9.10. The van der Waals surface area contributed by atoms with E-state index >= 15 is 0 Å². The largest absolute Gasteiger partial charge is 0.506 e. The van der Waals surface area contributed by atoms with E-state index in [1.807, 2.05) is 73.9 Å². The van der Waals surface area contributed by atoms with Crippen LogP contribution in [0.4, 0.5) is 10.5 Å². The molecule has 5 rings (SSSR count). The Morgan fingerprint density at radius 2 is 1.73 bits per heavy atom. The number of aliphatic hydroxyl groups is 1. The molecule has 3 aliphatic rings. The quantitative estimate of drug-likeness (QED) is 0.0978. The van der Waals surface area contributed by atoms with Crippen LogP contribution < -0.4 is 10.6 Å². The number of hydrogen-bond acceptors (Lipinski definition) is 6. The number of likely N-dealkylation sites (tertiary alicyclic amines) is 1. The van der Waals surface area contributed by atoms with Crippen molar-refractivity contribution in [3.8, 4) is 5.75 Å². The number of allylic oxidation sites excluding steroid dienone is 1. The lowest BCUT2D eigenvalue weighted by Gasteiger charge is -2.38. The van der Waals surface area contributed by atoms with Crippen LogP contribution in [0.15, 0.2) is 52.8 Å². The third-order valence-corrected chi connectivity index (χ3v) is 12.3. The van der Waals surface area contributed by atoms with E-state index in [0.29, 0.717) is 17.6 Å². The number of aryl methyl sites for hydroxylation is 2. The van der Waals surface area contributed by atoms with Gasteiger partial charge in [0.1, 0.15) is 5.75 Å². The Morgan fingerprint density at radius 3 is 2.35 bits per heavy atom. The number of benzene rings is 2. The summed E-state index contributed by atoms with van der Waals surface area (Å²) in [5.74, 6) is 2.88. The van der Waals surface area contributed by atoms with Gasteiger partial charge in [-0.25, -0.2) is 13.3 Å². The minimum atomic E-state index is -0.777. The number of rotatable bonds is 12. The summed E-state index contributed by atoms with van der Waals surface area (Å²) in [4.78, 5) is 26.8. The molecule has 290 valence electrons. The summed E-state index contributed by atoms with van der Waals surface area (Å²) in [6.45, 7) is 15.2. The summed E-state index contributed by atoms with van der Waals surface area (Å²) in [6, 6.07) is 12.1. The predicted octanol–water partition coefficient (Wildman–Crippen LogP) is 8.06. The van der Waals surface area contributed by atoms with Gasteiger partial charge in [0.2, 0.25) is 6.41 Å². The van der Waals surface area contributed by atoms with Crippen LogP contribution in [-0.2, 0) is 22.2 Å². The molecule has 2 aromatic carbocycles. The van der Waals surface area contributed by atoms with Gasteiger partial charge in [-0.15, -0.1) is 0 Å². The van der Waals surface area contributed by atoms with Crippen LogP contribution in [0.5, 0.6) is 5.75 Å². The number of nitrogens with zero attached hydrogens (tertiary/aromatic N) is 3. The molecule has 2 unspecified atom stereocenters. The van der Waals surface area contributed by atoms with Crippen molar-refractivity contribution in [3.05, 3.63) is 69.5 Å². The number of halogens is 1. The second kappa shape index (κ2) is 22.9. The second-order valence-electron chi connectivity index (χ2n) is 13.9. The lowest BCUT2D eigenvalue weighted by Crippen LogP contribution is -2.48. The first-order valence-corrected chi connectivity index (χ1v) is 21.1. The molecule has 0 aromatic heterocycles. The Morgan fingerprint density at radius 1 is 1.04 bits per heavy atom. The van der Waals surface area contributed by atoms with E-state index in [0.717, 1.165) is 124 Å². The summed E-state index contributed by atoms with van der Waals surface area (Å²) in [5, 5.41) is 25.1. The molecule has 0 saturated carbocycles. The van der Waals surface area contributed by atoms with Crippen LogP contribution in [0.1, 0.15) is 88.8 Å². The molecule has 0 bridgehead atoms. The Hall–Kier alpha value is -3.09. The molecule has 3 amide bonds. The Labute approximate surface area is 323 Å². The molecule has 2 aromatic rings. The van der Waals surface area contributed by atoms with Crippen LogP contribution in [0.25, 0.3) is 0 Å². The highest BCUT2D eigenvalue weighted by atomic mass is 79.9. The average molecular weight is 805 g/mol. The third-order valence-electron chi connectivity index (χ3n) is 10.3. The van der Waals surface area contributed by atoms with Crippen LogP contribution in [-0.4, -0.2) is 92.0 Å². The maximum Gasteiger partial charge on any atom is 0.322 e. The molecule has 12 heteroatoms. The fraction of sp³-hybridized carbons (Fsp3) is 0.600. The number of phenolic OH excluding ortho intramolecular Hbond substituents is 1. The Balaban J connectivity index is 0.000000226. The number of anilines is 1. The molecular formula is C40H62BrN5O5S. The minimum Gasteiger partial charge on any atom is -0.506 e. The van der Waals surface area contributed by atoms with Gasteiger partial charge in [0.15, 0.2) is 5.88 Å². The number of nitrogens with one attached hydrogen (secondary N) is 2. The first kappa shape index (κ1) is 43.3. The normalized spacial score (nSPS) is 18.4. The highest BCUT2D eigenvalue weighted by Crippen LogP contribution is 2.31. The highest BCUT2D eigenvalue weighted by Gasteiger charge is 2.30. The first-order valence-electron chi connectivity index (χ1n) is 19.1. The van der Waals surface area contributed by atoms with Crippen molar-refractivity contribution in [3.63, 3.8) is 0 Å². The van der Waals surface area contributed by atoms with Gasteiger partial charge in [-0.05, 0) is 121 Å². The standard InChI is InChI=1S/C18H25N3O2.C14H28N2O2S.C8H9BrO/c1-2-5-17(22)20-11-9-15(10-12-20)21-13-8-14-6-3-4-7-16(14)19-18(21)23;1-3-5-13(6-9-15-12-17)14-7-10-16(11-8-14)19(18)4-2;1-5-3-6(2)8(10)7(9)4-5/h3-7,15,22H,2,8-13H2,1H3,(H,19,23);12-14H,3-11H2,1-2H3,(H,15,17);3-4,10H,1-2H3/b17-5+;;. The van der Waals surface area contributed by atoms with Crippen molar-refractivity contribution in [1.29, 1.82) is 0 Å². The Bertz CT molecular complexity index is 1440. The van der Waals surface area contributed by atoms with Gasteiger partial charge in [0.25, 0.3) is 0 Å². The van der Waals surface area contributed by atoms with Gasteiger partial charge in [-0.1, -0.05) is 57.9 Å². The average Bonchev–Trinajstić information content (AvgIpc) is 3.32. The molecule has 0 aliphatic carbocycles. The Kier molecular flexibility index (Phi) is 19.0. The van der Waals surface area contributed by atoms with Crippen molar-refractivity contribution in [2.24, 2.45) is 11.8 Å². The topological polar surface area (TPSA) is 125 Å². The van der Waals surface area contributed by atoms with Gasteiger partial charge >= 0.3 is 6.03 Å². The number of fused-ring (bicyclic) bond motifs is 1. The molecule has 3 aliphatic heterocycles. The molecule has 2 saturated heterocycles. The van der Waals surface area contributed by atoms with Crippen molar-refractivity contribution in [2.75, 3.05) is 50.3 Å². The van der Waals surface area contributed by atoms with Gasteiger partial charge in [0.05, 0.1) is 15.5 Å². The van der Waals surface area contributed by atoms with E-state index in [1.54, 1.807) is 0 Å². The monoisotopic (exact) mass is 803 g/mol. The summed E-state index contributed by atoms with van der Waals surface area (Å²) in [6.07, 6.45) is 12.0. The molecule has 52 heavy (non-hydrogen) atoms. The predicted molar refractivity (Wildman–Crippen MR) is 217 cm³/mol. The zero-order valence-electron chi connectivity index (χ0n) is 31.9. The lowest BCUT2D eigenvalue weighted by molar-refractivity contribution is -0.109. The molecule has 2 fully saturated rings. The van der Waals surface area contributed by atoms with Crippen LogP contribution in [0.3, 0.4) is 0 Å². The van der Waals surface area contributed by atoms with E-state index in [9.17, 15) is 24.0 Å². The minimum absolute atomic E-state index is 0.00159. The summed E-state index contributed by atoms with van der Waals surface area (Å²) in [7, 11) is -0.777. The lowest BCUT2D eigenvalue weighted by atomic mass is 9.80. The van der Waals surface area contributed by atoms with Crippen LogP contribution in [0.2, 0.25) is 0 Å². The molecule has 2 atom stereocenters. The summed E-state index contributed by atoms with van der Waals surface area (Å²) in [5.41, 5.74) is 4.19. The number of carbonyl (C=O) groups excluding carboxylic acids is 2. The summed E-state index contributed by atoms with van der Waals surface area (Å²) >= 11 is 3.25. The maximum atomic E-state index is 12.5. The van der Waals surface area contributed by atoms with Gasteiger partial charge in [0, 0.05) is 56.8 Å². The molecule has 0 spiro atoms. The van der Waals surface area contributed by atoms with Gasteiger partial charge in [-0.3, -0.25) is 4.79 Å². The van der Waals surface area contributed by atoms with Crippen LogP contribution >= 0.6 is 15.9 Å². The number of aliphatic hydroxyl groups excluding tert-OH is 1. The van der Waals surface area contributed by atoms with Crippen molar-refractivity contribution in [1.82, 2.24) is 19.4 Å². The van der Waals surface area contributed by atoms with Crippen molar-refractivity contribution in [2.45, 2.75) is 98.4 Å². The summed E-state index contributed by atoms with van der Waals surface area (Å²) < 4.78 is 14.7. The molecular weight excluding hydrogens is 742 g/mol. The number of piperidine rings is 2. The van der Waals surface area contributed by atoms with Crippen molar-refractivity contribution >= 4 is 45.0 Å². The number of hydrogen-bond donors (Lipinski definition) is 4. The van der Waals surface area contributed by atoms with E-state index in [2.05, 4.69) is 43.9 Å². The fourth-order valence-corrected chi connectivity index (χ4v) is 9.07. The molecule has 4 N–H and O–H groups in total. The maximum absolute atomic E-state index is 12.5. The smallest absolute Gasteiger partial charge is 0.322 e. The number of carbonyl (C=O) groups is 2. The van der Waals surface area contributed by atoms with E-state index in [1.165, 1.54) is 18.4 Å². The van der Waals surface area contributed by atoms with Gasteiger partial charge in [-0.2, -0.15) is 0 Å². The second-order valence-corrected chi connectivity index (χ2v) is 16.5. The molecule has 3 heterocycles. The number of phenols is 1. The van der Waals surface area contributed by atoms with Gasteiger partial charge < -0.3 is 30.6 Å². The third kappa shape index (κ3) is 13.4. The number of amides is 3. The SMILES string of the molecule is CC/C=C(/O)N1CCC(N2CCc3ccccc3NC2=O)CC1.CCCC(CCNC=O)C1CCN(S(=O)CC)CC1.Cc1cc(C)c(O)c(Br)c1. The van der Waals surface area contributed by atoms with E-state index < -0.39 is 11.0 Å². The molecule has 10 nitrogen and oxygen atoms in total. The number of aromatic hydroxyl groups is 1.